The Kier molecular flexibility index (Phi) is 6.25. The van der Waals surface area contributed by atoms with Crippen LogP contribution < -0.4 is 0 Å². The highest BCUT2D eigenvalue weighted by atomic mass is 32.2. The Hall–Kier alpha value is -0.180. The van der Waals surface area contributed by atoms with Crippen LogP contribution in [-0.4, -0.2) is 35.8 Å². The zero-order chi connectivity index (χ0) is 9.56. The van der Waals surface area contributed by atoms with E-state index in [0.29, 0.717) is 6.04 Å². The topological polar surface area (TPSA) is 27.1 Å². The summed E-state index contributed by atoms with van der Waals surface area (Å²) in [4.78, 5) is 2.09. The summed E-state index contributed by atoms with van der Waals surface area (Å²) in [6.45, 7) is 4.21. The summed E-state index contributed by atoms with van der Waals surface area (Å²) in [7, 11) is 2.02. The third kappa shape index (κ3) is 3.48. The molecule has 1 unspecified atom stereocenters. The van der Waals surface area contributed by atoms with Crippen molar-refractivity contribution in [3.05, 3.63) is 0 Å². The third-order valence-corrected chi connectivity index (χ3v) is 2.86. The normalized spacial score (nSPS) is 12.7. The summed E-state index contributed by atoms with van der Waals surface area (Å²) >= 11 is 1.85. The van der Waals surface area contributed by atoms with E-state index < -0.39 is 0 Å². The number of thioether (sulfide) groups is 1. The number of hydrogen-bond donors (Lipinski definition) is 1. The van der Waals surface area contributed by atoms with Crippen LogP contribution in [0.5, 0.6) is 0 Å². The summed E-state index contributed by atoms with van der Waals surface area (Å²) in [5, 5.41) is 7.67. The number of nitrogens with one attached hydrogen (secondary N) is 1. The molecule has 0 bridgehead atoms. The van der Waals surface area contributed by atoms with Gasteiger partial charge in [-0.1, -0.05) is 13.8 Å². The van der Waals surface area contributed by atoms with Crippen LogP contribution in [0.1, 0.15) is 26.7 Å². The van der Waals surface area contributed by atoms with Crippen molar-refractivity contribution in [3.8, 4) is 0 Å². The first-order valence-electron chi connectivity index (χ1n) is 4.46. The van der Waals surface area contributed by atoms with Gasteiger partial charge in [-0.3, -0.25) is 5.41 Å². The lowest BCUT2D eigenvalue weighted by Crippen LogP contribution is -2.37. The van der Waals surface area contributed by atoms with E-state index in [2.05, 4.69) is 18.1 Å². The van der Waals surface area contributed by atoms with E-state index in [4.69, 9.17) is 5.41 Å². The predicted octanol–water partition coefficient (Wildman–Crippen LogP) is 2.45. The molecule has 0 rings (SSSR count). The number of nitrogens with zero attached hydrogens (tertiary/aromatic N) is 1. The molecule has 0 aliphatic heterocycles. The van der Waals surface area contributed by atoms with Crippen LogP contribution in [0, 0.1) is 5.41 Å². The molecule has 0 saturated heterocycles. The third-order valence-electron chi connectivity index (χ3n) is 2.14. The van der Waals surface area contributed by atoms with Crippen molar-refractivity contribution in [1.29, 1.82) is 5.41 Å². The molecule has 0 radical (unpaired) electrons. The van der Waals surface area contributed by atoms with Gasteiger partial charge >= 0.3 is 0 Å². The molecule has 0 aromatic rings. The Bertz CT molecular complexity index is 136. The molecule has 12 heavy (non-hydrogen) atoms. The molecule has 1 atom stereocenters. The van der Waals surface area contributed by atoms with E-state index in [9.17, 15) is 0 Å². The maximum atomic E-state index is 7.67. The molecule has 0 aromatic carbocycles. The number of hydrogen-bond acceptors (Lipinski definition) is 2. The smallest absolute Gasteiger partial charge is 0.0955 e. The maximum absolute atomic E-state index is 7.67. The minimum absolute atomic E-state index is 0.535. The average molecular weight is 188 g/mol. The molecule has 0 aliphatic carbocycles. The largest absolute Gasteiger partial charge is 0.360 e. The lowest BCUT2D eigenvalue weighted by Gasteiger charge is -2.28. The van der Waals surface area contributed by atoms with Crippen LogP contribution in [0.3, 0.4) is 0 Å². The maximum Gasteiger partial charge on any atom is 0.0955 e. The van der Waals surface area contributed by atoms with Gasteiger partial charge in [-0.25, -0.2) is 0 Å². The highest BCUT2D eigenvalue weighted by Crippen LogP contribution is 2.09. The van der Waals surface area contributed by atoms with Crippen molar-refractivity contribution < 1.29 is 0 Å². The standard InChI is InChI=1S/C9H20N2S/c1-5-8(7-12-4)11(3)9(10)6-2/h8,10H,5-7H2,1-4H3. The second kappa shape index (κ2) is 6.35. The van der Waals surface area contributed by atoms with Gasteiger partial charge in [0.1, 0.15) is 0 Å². The first kappa shape index (κ1) is 11.8. The van der Waals surface area contributed by atoms with Crippen molar-refractivity contribution in [2.45, 2.75) is 32.7 Å². The van der Waals surface area contributed by atoms with Gasteiger partial charge in [0.2, 0.25) is 0 Å². The Morgan fingerprint density at radius 2 is 2.08 bits per heavy atom. The molecule has 2 nitrogen and oxygen atoms in total. The minimum Gasteiger partial charge on any atom is -0.360 e. The molecule has 0 spiro atoms. The SMILES string of the molecule is CCC(=N)N(C)C(CC)CSC. The molecular weight excluding hydrogens is 168 g/mol. The molecule has 0 aliphatic rings. The lowest BCUT2D eigenvalue weighted by atomic mass is 10.2. The van der Waals surface area contributed by atoms with E-state index in [-0.39, 0.29) is 0 Å². The average Bonchev–Trinajstić information content (AvgIpc) is 2.11. The molecule has 0 amide bonds. The predicted molar refractivity (Wildman–Crippen MR) is 58.2 cm³/mol. The van der Waals surface area contributed by atoms with Crippen LogP contribution in [0.4, 0.5) is 0 Å². The van der Waals surface area contributed by atoms with Gasteiger partial charge in [-0.15, -0.1) is 0 Å². The lowest BCUT2D eigenvalue weighted by molar-refractivity contribution is 0.378. The Morgan fingerprint density at radius 3 is 2.42 bits per heavy atom. The summed E-state index contributed by atoms with van der Waals surface area (Å²) in [5.74, 6) is 1.87. The number of rotatable bonds is 5. The van der Waals surface area contributed by atoms with Crippen molar-refractivity contribution in [3.63, 3.8) is 0 Å². The van der Waals surface area contributed by atoms with Crippen molar-refractivity contribution >= 4 is 17.6 Å². The van der Waals surface area contributed by atoms with Gasteiger partial charge in [0.25, 0.3) is 0 Å². The van der Waals surface area contributed by atoms with Crippen LogP contribution >= 0.6 is 11.8 Å². The van der Waals surface area contributed by atoms with E-state index in [1.54, 1.807) is 0 Å². The molecule has 0 fully saturated rings. The summed E-state index contributed by atoms with van der Waals surface area (Å²) < 4.78 is 0. The summed E-state index contributed by atoms with van der Waals surface area (Å²) in [6, 6.07) is 0.535. The molecule has 0 aromatic heterocycles. The fraction of sp³-hybridized carbons (Fsp3) is 0.889. The second-order valence-corrected chi connectivity index (χ2v) is 3.84. The summed E-state index contributed by atoms with van der Waals surface area (Å²) in [6.07, 6.45) is 4.08. The molecule has 3 heteroatoms. The van der Waals surface area contributed by atoms with Crippen molar-refractivity contribution in [2.75, 3.05) is 19.1 Å². The number of amidine groups is 1. The molecule has 0 heterocycles. The minimum atomic E-state index is 0.535. The Morgan fingerprint density at radius 1 is 1.50 bits per heavy atom. The quantitative estimate of drug-likeness (QED) is 0.530. The van der Waals surface area contributed by atoms with E-state index in [1.807, 2.05) is 25.7 Å². The van der Waals surface area contributed by atoms with Gasteiger partial charge < -0.3 is 4.90 Å². The van der Waals surface area contributed by atoms with Gasteiger partial charge in [0.15, 0.2) is 0 Å². The Labute approximate surface area is 80.2 Å². The highest BCUT2D eigenvalue weighted by Gasteiger charge is 2.13. The zero-order valence-electron chi connectivity index (χ0n) is 8.55. The van der Waals surface area contributed by atoms with Crippen molar-refractivity contribution in [2.24, 2.45) is 0 Å². The van der Waals surface area contributed by atoms with E-state index in [1.165, 1.54) is 0 Å². The van der Waals surface area contributed by atoms with E-state index >= 15 is 0 Å². The molecule has 72 valence electrons. The molecular formula is C9H20N2S. The van der Waals surface area contributed by atoms with Crippen LogP contribution in [0.2, 0.25) is 0 Å². The first-order chi connectivity index (χ1) is 5.67. The molecule has 0 saturated carbocycles. The van der Waals surface area contributed by atoms with Crippen LogP contribution in [-0.2, 0) is 0 Å². The van der Waals surface area contributed by atoms with Gasteiger partial charge in [0.05, 0.1) is 5.84 Å². The van der Waals surface area contributed by atoms with E-state index in [0.717, 1.165) is 24.4 Å². The Balaban J connectivity index is 4.00. The van der Waals surface area contributed by atoms with Gasteiger partial charge in [-0.2, -0.15) is 11.8 Å². The second-order valence-electron chi connectivity index (χ2n) is 2.93. The first-order valence-corrected chi connectivity index (χ1v) is 5.85. The highest BCUT2D eigenvalue weighted by molar-refractivity contribution is 7.98. The van der Waals surface area contributed by atoms with Gasteiger partial charge in [-0.05, 0) is 12.7 Å². The van der Waals surface area contributed by atoms with Crippen LogP contribution in [0.25, 0.3) is 0 Å². The monoisotopic (exact) mass is 188 g/mol. The summed E-state index contributed by atoms with van der Waals surface area (Å²) in [5.41, 5.74) is 0. The zero-order valence-corrected chi connectivity index (χ0v) is 9.37. The van der Waals surface area contributed by atoms with Crippen molar-refractivity contribution in [1.82, 2.24) is 4.90 Å². The van der Waals surface area contributed by atoms with Gasteiger partial charge in [0, 0.05) is 25.3 Å². The van der Waals surface area contributed by atoms with Crippen LogP contribution in [0.15, 0.2) is 0 Å². The fourth-order valence-electron chi connectivity index (χ4n) is 1.17. The molecule has 1 N–H and O–H groups in total. The fourth-order valence-corrected chi connectivity index (χ4v) is 2.01.